The van der Waals surface area contributed by atoms with E-state index in [1.165, 1.54) is 6.07 Å². The van der Waals surface area contributed by atoms with Gasteiger partial charge in [0, 0.05) is 17.8 Å². The molecule has 1 amide bonds. The van der Waals surface area contributed by atoms with Crippen LogP contribution >= 0.6 is 0 Å². The van der Waals surface area contributed by atoms with Crippen LogP contribution in [0.5, 0.6) is 5.75 Å². The van der Waals surface area contributed by atoms with Gasteiger partial charge in [0.25, 0.3) is 10.0 Å². The maximum absolute atomic E-state index is 14.3. The van der Waals surface area contributed by atoms with Gasteiger partial charge in [-0.25, -0.2) is 22.5 Å². The van der Waals surface area contributed by atoms with E-state index in [1.807, 2.05) is 0 Å². The van der Waals surface area contributed by atoms with Gasteiger partial charge in [0.05, 0.1) is 11.1 Å². The number of carbonyl (C=O) groups excluding carboxylic acids is 1. The molecule has 9 nitrogen and oxygen atoms in total. The molecule has 1 heterocycles. The van der Waals surface area contributed by atoms with Gasteiger partial charge in [-0.05, 0) is 55.3 Å². The van der Waals surface area contributed by atoms with Gasteiger partial charge in [-0.15, -0.1) is 6.42 Å². The van der Waals surface area contributed by atoms with Crippen molar-refractivity contribution in [3.8, 4) is 18.1 Å². The van der Waals surface area contributed by atoms with Crippen LogP contribution in [-0.4, -0.2) is 30.9 Å². The number of nitrogens with zero attached hydrogens (tertiary/aromatic N) is 2. The maximum Gasteiger partial charge on any atom is 1.00 e. The van der Waals surface area contributed by atoms with Crippen LogP contribution in [0.1, 0.15) is 26.8 Å². The molecule has 0 atom stereocenters. The molecule has 36 heavy (non-hydrogen) atoms. The quantitative estimate of drug-likeness (QED) is 0.268. The van der Waals surface area contributed by atoms with Crippen LogP contribution < -0.4 is 49.6 Å². The molecule has 0 radical (unpaired) electrons. The van der Waals surface area contributed by atoms with E-state index >= 15 is 0 Å². The van der Waals surface area contributed by atoms with Gasteiger partial charge in [-0.2, -0.15) is 4.98 Å². The second-order valence-electron chi connectivity index (χ2n) is 7.42. The topological polar surface area (TPSA) is 122 Å². The third-order valence-corrected chi connectivity index (χ3v) is 6.16. The van der Waals surface area contributed by atoms with Gasteiger partial charge in [0.15, 0.2) is 11.6 Å². The summed E-state index contributed by atoms with van der Waals surface area (Å²) in [5.74, 6) is 1.60. The van der Waals surface area contributed by atoms with Crippen molar-refractivity contribution in [3.63, 3.8) is 0 Å². The van der Waals surface area contributed by atoms with E-state index in [-0.39, 0.29) is 60.7 Å². The van der Waals surface area contributed by atoms with Crippen molar-refractivity contribution in [1.82, 2.24) is 14.7 Å². The summed E-state index contributed by atoms with van der Waals surface area (Å²) < 4.78 is 47.0. The molecule has 3 rings (SSSR count). The van der Waals surface area contributed by atoms with Gasteiger partial charge in [-0.1, -0.05) is 18.9 Å². The molecule has 3 N–H and O–H groups in total. The van der Waals surface area contributed by atoms with Crippen LogP contribution in [0.3, 0.4) is 0 Å². The van der Waals surface area contributed by atoms with Crippen LogP contribution in [0.4, 0.5) is 27.5 Å². The Morgan fingerprint density at radius 2 is 1.86 bits per heavy atom. The second kappa shape index (κ2) is 13.2. The summed E-state index contributed by atoms with van der Waals surface area (Å²) in [6.07, 6.45) is 6.76. The molecule has 0 aliphatic rings. The molecule has 184 valence electrons. The molecule has 0 saturated heterocycles. The minimum Gasteiger partial charge on any atom is -1.00 e. The van der Waals surface area contributed by atoms with Crippen LogP contribution in [0.2, 0.25) is 0 Å². The minimum absolute atomic E-state index is 0. The summed E-state index contributed by atoms with van der Waals surface area (Å²) in [5, 5.41) is 5.72. The molecule has 0 aliphatic heterocycles. The Kier molecular flexibility index (Phi) is 10.7. The molecule has 0 bridgehead atoms. The average Bonchev–Trinajstić information content (AvgIpc) is 2.81. The summed E-state index contributed by atoms with van der Waals surface area (Å²) in [6, 6.07) is 11.2. The Morgan fingerprint density at radius 1 is 1.17 bits per heavy atom. The van der Waals surface area contributed by atoms with Crippen molar-refractivity contribution < 1.29 is 53.3 Å². The smallest absolute Gasteiger partial charge is 1.00 e. The SMILES string of the molecule is C#CCOc1ccc(Nc2nc(Nc3ccc(C)c(S(=O)(=O)NC(=O)CCC)c3)ncc2F)cc1.[H-].[Na+]. The van der Waals surface area contributed by atoms with E-state index in [0.29, 0.717) is 29.1 Å². The normalized spacial score (nSPS) is 10.5. The Hall–Kier alpha value is -3.17. The number of ether oxygens (including phenoxy) is 1. The number of halogens is 1. The van der Waals surface area contributed by atoms with Crippen LogP contribution in [0.15, 0.2) is 53.6 Å². The summed E-state index contributed by atoms with van der Waals surface area (Å²) >= 11 is 0. The molecule has 0 unspecified atom stereocenters. The van der Waals surface area contributed by atoms with Gasteiger partial charge >= 0.3 is 29.6 Å². The molecular formula is C24H25FN5NaO4S. The molecule has 1 aromatic heterocycles. The van der Waals surface area contributed by atoms with E-state index in [4.69, 9.17) is 11.2 Å². The van der Waals surface area contributed by atoms with Crippen molar-refractivity contribution in [2.45, 2.75) is 31.6 Å². The zero-order valence-electron chi connectivity index (χ0n) is 21.1. The standard InChI is InChI=1S/C24H24FN5O4S.Na.H/c1-4-6-22(31)30-35(32,33)21-14-18(8-7-16(21)3)28-24-26-15-20(25)23(29-24)27-17-9-11-19(12-10-17)34-13-5-2;;/h2,7-12,14-15H,4,6,13H2,1,3H3,(H,30,31)(H2,26,27,28,29);;/q;+1;-1. The fraction of sp³-hybridized carbons (Fsp3) is 0.208. The molecule has 0 saturated carbocycles. The van der Waals surface area contributed by atoms with Gasteiger partial charge in [0.1, 0.15) is 12.4 Å². The number of sulfonamides is 1. The molecule has 0 spiro atoms. The average molecular weight is 522 g/mol. The summed E-state index contributed by atoms with van der Waals surface area (Å²) in [5.41, 5.74) is 1.34. The zero-order chi connectivity index (χ0) is 25.4. The van der Waals surface area contributed by atoms with E-state index in [0.717, 1.165) is 6.20 Å². The maximum atomic E-state index is 14.3. The van der Waals surface area contributed by atoms with Crippen molar-refractivity contribution in [3.05, 3.63) is 60.0 Å². The number of carbonyl (C=O) groups is 1. The fourth-order valence-electron chi connectivity index (χ4n) is 2.99. The first-order valence-electron chi connectivity index (χ1n) is 10.6. The first kappa shape index (κ1) is 29.1. The predicted molar refractivity (Wildman–Crippen MR) is 132 cm³/mol. The van der Waals surface area contributed by atoms with Crippen LogP contribution in [0, 0.1) is 25.1 Å². The molecule has 0 aliphatic carbocycles. The number of aryl methyl sites for hydroxylation is 1. The molecule has 12 heteroatoms. The predicted octanol–water partition coefficient (Wildman–Crippen LogP) is 1.14. The number of benzene rings is 2. The van der Waals surface area contributed by atoms with Gasteiger partial charge in [0.2, 0.25) is 11.9 Å². The van der Waals surface area contributed by atoms with E-state index in [2.05, 4.69) is 31.2 Å². The number of amides is 1. The number of hydrogen-bond acceptors (Lipinski definition) is 8. The zero-order valence-corrected chi connectivity index (χ0v) is 22.9. The summed E-state index contributed by atoms with van der Waals surface area (Å²) in [4.78, 5) is 19.8. The van der Waals surface area contributed by atoms with E-state index < -0.39 is 21.7 Å². The number of terminal acetylenes is 1. The van der Waals surface area contributed by atoms with Gasteiger partial charge in [-0.3, -0.25) is 4.79 Å². The summed E-state index contributed by atoms with van der Waals surface area (Å²) in [6.45, 7) is 3.52. The van der Waals surface area contributed by atoms with Crippen LogP contribution in [0.25, 0.3) is 0 Å². The number of nitrogens with one attached hydrogen (secondary N) is 3. The molecular weight excluding hydrogens is 496 g/mol. The van der Waals surface area contributed by atoms with Crippen molar-refractivity contribution >= 4 is 39.1 Å². The minimum atomic E-state index is -4.07. The monoisotopic (exact) mass is 521 g/mol. The molecule has 0 fully saturated rings. The van der Waals surface area contributed by atoms with Gasteiger partial charge < -0.3 is 16.8 Å². The van der Waals surface area contributed by atoms with Crippen LogP contribution in [-0.2, 0) is 14.8 Å². The summed E-state index contributed by atoms with van der Waals surface area (Å²) in [7, 11) is -4.07. The Morgan fingerprint density at radius 3 is 2.53 bits per heavy atom. The number of aromatic nitrogens is 2. The number of hydrogen-bond donors (Lipinski definition) is 3. The largest absolute Gasteiger partial charge is 1.00 e. The van der Waals surface area contributed by atoms with E-state index in [1.54, 1.807) is 50.2 Å². The Bertz CT molecular complexity index is 1370. The third kappa shape index (κ3) is 7.93. The fourth-order valence-corrected chi connectivity index (χ4v) is 4.28. The van der Waals surface area contributed by atoms with Crippen molar-refractivity contribution in [1.29, 1.82) is 0 Å². The second-order valence-corrected chi connectivity index (χ2v) is 9.07. The van der Waals surface area contributed by atoms with Crippen molar-refractivity contribution in [2.24, 2.45) is 0 Å². The number of anilines is 4. The first-order valence-corrected chi connectivity index (χ1v) is 12.1. The first-order chi connectivity index (χ1) is 16.7. The Balaban J connectivity index is 0.00000342. The third-order valence-electron chi connectivity index (χ3n) is 4.64. The van der Waals surface area contributed by atoms with Crippen molar-refractivity contribution in [2.75, 3.05) is 17.2 Å². The number of rotatable bonds is 10. The molecule has 2 aromatic carbocycles. The molecule has 3 aromatic rings. The Labute approximate surface area is 233 Å². The van der Waals surface area contributed by atoms with E-state index in [9.17, 15) is 17.6 Å².